The second kappa shape index (κ2) is 6.98. The Labute approximate surface area is 166 Å². The lowest BCUT2D eigenvalue weighted by Gasteiger charge is -2.51. The lowest BCUT2D eigenvalue weighted by Crippen LogP contribution is -2.69. The van der Waals surface area contributed by atoms with Crippen LogP contribution < -0.4 is 0 Å². The molecule has 0 saturated carbocycles. The number of halogens is 1. The maximum Gasteiger partial charge on any atom is 0.410 e. The normalized spacial score (nSPS) is 23.5. The van der Waals surface area contributed by atoms with Crippen molar-refractivity contribution in [2.75, 3.05) is 32.8 Å². The molecule has 28 heavy (non-hydrogen) atoms. The third-order valence-corrected chi connectivity index (χ3v) is 5.67. The van der Waals surface area contributed by atoms with E-state index in [0.717, 1.165) is 11.3 Å². The standard InChI is InChI=1S/C18H24FN3O5S/c1-5-26-14(24)18(19)10-21(13(23)12-6-20-11-28-12)7-17(18)8-22(9-17)15(25)27-16(2,3)4/h6,11H,5,7-10H2,1-4H3. The lowest BCUT2D eigenvalue weighted by molar-refractivity contribution is -0.173. The Hall–Kier alpha value is -2.23. The van der Waals surface area contributed by atoms with E-state index < -0.39 is 35.3 Å². The fraction of sp³-hybridized carbons (Fsp3) is 0.667. The summed E-state index contributed by atoms with van der Waals surface area (Å²) >= 11 is 1.15. The van der Waals surface area contributed by atoms with Crippen LogP contribution in [0.2, 0.25) is 0 Å². The van der Waals surface area contributed by atoms with Crippen molar-refractivity contribution >= 4 is 29.3 Å². The SMILES string of the molecule is CCOC(=O)C1(F)CN(C(=O)c2cncs2)CC12CN(C(=O)OC(C)(C)C)C2. The van der Waals surface area contributed by atoms with Gasteiger partial charge in [0, 0.05) is 19.6 Å². The van der Waals surface area contributed by atoms with Crippen molar-refractivity contribution in [3.05, 3.63) is 16.6 Å². The highest BCUT2D eigenvalue weighted by Crippen LogP contribution is 2.50. The van der Waals surface area contributed by atoms with Gasteiger partial charge < -0.3 is 19.3 Å². The molecule has 8 nitrogen and oxygen atoms in total. The molecule has 2 saturated heterocycles. The van der Waals surface area contributed by atoms with E-state index in [1.807, 2.05) is 0 Å². The Bertz CT molecular complexity index is 773. The van der Waals surface area contributed by atoms with Gasteiger partial charge in [-0.25, -0.2) is 14.0 Å². The van der Waals surface area contributed by atoms with Crippen LogP contribution in [0, 0.1) is 5.41 Å². The highest BCUT2D eigenvalue weighted by atomic mass is 32.1. The Balaban J connectivity index is 1.81. The van der Waals surface area contributed by atoms with Crippen molar-refractivity contribution in [1.82, 2.24) is 14.8 Å². The first-order valence-corrected chi connectivity index (χ1v) is 9.91. The van der Waals surface area contributed by atoms with Crippen LogP contribution in [0.25, 0.3) is 0 Å². The number of ether oxygens (including phenoxy) is 2. The molecule has 10 heteroatoms. The average molecular weight is 413 g/mol. The topological polar surface area (TPSA) is 89.0 Å². The summed E-state index contributed by atoms with van der Waals surface area (Å²) in [4.78, 5) is 44.3. The van der Waals surface area contributed by atoms with Gasteiger partial charge in [-0.05, 0) is 27.7 Å². The number of amides is 2. The molecular formula is C18H24FN3O5S. The number of rotatable bonds is 3. The van der Waals surface area contributed by atoms with Gasteiger partial charge in [-0.1, -0.05) is 0 Å². The van der Waals surface area contributed by atoms with Crippen LogP contribution >= 0.6 is 11.3 Å². The van der Waals surface area contributed by atoms with Gasteiger partial charge in [0.2, 0.25) is 5.67 Å². The molecule has 1 aromatic rings. The number of thiazole rings is 1. The van der Waals surface area contributed by atoms with E-state index in [-0.39, 0.29) is 32.1 Å². The summed E-state index contributed by atoms with van der Waals surface area (Å²) in [5, 5.41) is 0. The molecule has 0 aliphatic carbocycles. The third-order valence-electron chi connectivity index (χ3n) is 4.91. The fourth-order valence-electron chi connectivity index (χ4n) is 3.62. The molecule has 1 aromatic heterocycles. The number of alkyl halides is 1. The summed E-state index contributed by atoms with van der Waals surface area (Å²) in [5.41, 5.74) is -2.77. The van der Waals surface area contributed by atoms with Gasteiger partial charge in [0.1, 0.15) is 10.5 Å². The van der Waals surface area contributed by atoms with E-state index in [1.165, 1.54) is 21.5 Å². The second-order valence-corrected chi connectivity index (χ2v) is 9.05. The van der Waals surface area contributed by atoms with Crippen molar-refractivity contribution < 1.29 is 28.2 Å². The van der Waals surface area contributed by atoms with Crippen LogP contribution in [0.15, 0.2) is 11.7 Å². The van der Waals surface area contributed by atoms with Crippen LogP contribution in [0.3, 0.4) is 0 Å². The van der Waals surface area contributed by atoms with Crippen molar-refractivity contribution in [3.63, 3.8) is 0 Å². The van der Waals surface area contributed by atoms with Crippen LogP contribution in [-0.2, 0) is 14.3 Å². The molecule has 2 aliphatic heterocycles. The highest BCUT2D eigenvalue weighted by Gasteiger charge is 2.70. The predicted molar refractivity (Wildman–Crippen MR) is 98.7 cm³/mol. The maximum atomic E-state index is 16.0. The van der Waals surface area contributed by atoms with Crippen molar-refractivity contribution in [2.24, 2.45) is 5.41 Å². The van der Waals surface area contributed by atoms with Crippen molar-refractivity contribution in [1.29, 1.82) is 0 Å². The molecule has 2 fully saturated rings. The quantitative estimate of drug-likeness (QED) is 0.705. The van der Waals surface area contributed by atoms with Crippen LogP contribution in [0.5, 0.6) is 0 Å². The first-order chi connectivity index (χ1) is 13.0. The van der Waals surface area contributed by atoms with E-state index >= 15 is 4.39 Å². The van der Waals surface area contributed by atoms with E-state index in [2.05, 4.69) is 4.98 Å². The monoisotopic (exact) mass is 413 g/mol. The molecular weight excluding hydrogens is 389 g/mol. The number of likely N-dealkylation sites (tertiary alicyclic amines) is 2. The molecule has 154 valence electrons. The summed E-state index contributed by atoms with van der Waals surface area (Å²) in [6.07, 6.45) is 0.840. The Morgan fingerprint density at radius 3 is 2.39 bits per heavy atom. The molecule has 0 bridgehead atoms. The van der Waals surface area contributed by atoms with Gasteiger partial charge in [0.05, 0.1) is 30.3 Å². The zero-order valence-corrected chi connectivity index (χ0v) is 17.2. The zero-order chi connectivity index (χ0) is 20.7. The van der Waals surface area contributed by atoms with Crippen molar-refractivity contribution in [2.45, 2.75) is 39.0 Å². The lowest BCUT2D eigenvalue weighted by atomic mass is 9.69. The molecule has 0 N–H and O–H groups in total. The van der Waals surface area contributed by atoms with E-state index in [9.17, 15) is 14.4 Å². The Kier molecular flexibility index (Phi) is 5.11. The number of esters is 1. The van der Waals surface area contributed by atoms with E-state index in [4.69, 9.17) is 9.47 Å². The number of hydrogen-bond acceptors (Lipinski definition) is 7. The Morgan fingerprint density at radius 2 is 1.86 bits per heavy atom. The van der Waals surface area contributed by atoms with Crippen LogP contribution in [0.1, 0.15) is 37.4 Å². The summed E-state index contributed by atoms with van der Waals surface area (Å²) in [7, 11) is 0. The second-order valence-electron chi connectivity index (χ2n) is 8.17. The predicted octanol–water partition coefficient (Wildman–Crippen LogP) is 2.11. The molecule has 3 heterocycles. The van der Waals surface area contributed by atoms with Gasteiger partial charge in [0.15, 0.2) is 0 Å². The van der Waals surface area contributed by atoms with Crippen LogP contribution in [-0.4, -0.2) is 76.8 Å². The number of carbonyl (C=O) groups excluding carboxylic acids is 3. The van der Waals surface area contributed by atoms with Gasteiger partial charge >= 0.3 is 12.1 Å². The minimum atomic E-state index is -2.39. The Morgan fingerprint density at radius 1 is 1.21 bits per heavy atom. The molecule has 2 aliphatic rings. The van der Waals surface area contributed by atoms with E-state index in [1.54, 1.807) is 27.7 Å². The molecule has 1 unspecified atom stereocenters. The minimum absolute atomic E-state index is 0.0122. The fourth-order valence-corrected chi connectivity index (χ4v) is 4.20. The zero-order valence-electron chi connectivity index (χ0n) is 16.4. The largest absolute Gasteiger partial charge is 0.464 e. The first kappa shape index (κ1) is 20.5. The summed E-state index contributed by atoms with van der Waals surface area (Å²) in [6, 6.07) is 0. The molecule has 0 aromatic carbocycles. The average Bonchev–Trinajstić information content (AvgIpc) is 3.18. The van der Waals surface area contributed by atoms with Crippen LogP contribution in [0.4, 0.5) is 9.18 Å². The van der Waals surface area contributed by atoms with Gasteiger partial charge in [-0.3, -0.25) is 9.78 Å². The molecule has 2 amide bonds. The smallest absolute Gasteiger partial charge is 0.410 e. The van der Waals surface area contributed by atoms with Gasteiger partial charge in [-0.2, -0.15) is 0 Å². The molecule has 3 rings (SSSR count). The summed E-state index contributed by atoms with van der Waals surface area (Å²) in [5.74, 6) is -1.39. The number of hydrogen-bond donors (Lipinski definition) is 0. The molecule has 0 radical (unpaired) electrons. The minimum Gasteiger partial charge on any atom is -0.464 e. The number of aromatic nitrogens is 1. The third kappa shape index (κ3) is 3.45. The summed E-state index contributed by atoms with van der Waals surface area (Å²) < 4.78 is 26.2. The summed E-state index contributed by atoms with van der Waals surface area (Å²) in [6.45, 7) is 6.39. The van der Waals surface area contributed by atoms with Crippen molar-refractivity contribution in [3.8, 4) is 0 Å². The van der Waals surface area contributed by atoms with Gasteiger partial charge in [0.25, 0.3) is 5.91 Å². The van der Waals surface area contributed by atoms with Gasteiger partial charge in [-0.15, -0.1) is 11.3 Å². The highest BCUT2D eigenvalue weighted by molar-refractivity contribution is 7.11. The maximum absolute atomic E-state index is 16.0. The first-order valence-electron chi connectivity index (χ1n) is 9.03. The van der Waals surface area contributed by atoms with E-state index in [0.29, 0.717) is 4.88 Å². The number of carbonyl (C=O) groups is 3. The molecule has 1 spiro atoms. The molecule has 1 atom stereocenters. The number of nitrogens with zero attached hydrogens (tertiary/aromatic N) is 3.